The van der Waals surface area contributed by atoms with Gasteiger partial charge in [0.1, 0.15) is 11.6 Å². The highest BCUT2D eigenvalue weighted by atomic mass is 35.5. The molecule has 0 aliphatic heterocycles. The van der Waals surface area contributed by atoms with Gasteiger partial charge in [0, 0.05) is 25.0 Å². The molecular weight excluding hydrogens is 564 g/mol. The van der Waals surface area contributed by atoms with E-state index in [4.69, 9.17) is 0 Å². The minimum atomic E-state index is -4.23. The van der Waals surface area contributed by atoms with Crippen LogP contribution in [0.1, 0.15) is 29.9 Å². The minimum Gasteiger partial charge on any atom is -0.343 e. The first-order chi connectivity index (χ1) is 19.2. The van der Waals surface area contributed by atoms with E-state index in [1.165, 1.54) is 23.2 Å². The summed E-state index contributed by atoms with van der Waals surface area (Å²) in [5, 5.41) is 4.32. The molecule has 0 spiro atoms. The lowest BCUT2D eigenvalue weighted by atomic mass is 9.97. The zero-order chi connectivity index (χ0) is 28.7. The molecule has 2 N–H and O–H groups in total. The van der Waals surface area contributed by atoms with Crippen molar-refractivity contribution in [2.75, 3.05) is 18.4 Å². The number of fused-ring (bicyclic) bond motifs is 1. The van der Waals surface area contributed by atoms with E-state index in [2.05, 4.69) is 15.0 Å². The van der Waals surface area contributed by atoms with Crippen molar-refractivity contribution in [1.29, 1.82) is 0 Å². The van der Waals surface area contributed by atoms with E-state index in [0.29, 0.717) is 29.7 Å². The van der Waals surface area contributed by atoms with Crippen molar-refractivity contribution in [3.63, 3.8) is 0 Å². The third-order valence-corrected chi connectivity index (χ3v) is 7.85. The second-order valence-corrected chi connectivity index (χ2v) is 10.8. The molecule has 4 aromatic rings. The van der Waals surface area contributed by atoms with Crippen LogP contribution < -0.4 is 10.0 Å². The van der Waals surface area contributed by atoms with Gasteiger partial charge >= 0.3 is 0 Å². The lowest BCUT2D eigenvalue weighted by Gasteiger charge is -2.24. The van der Waals surface area contributed by atoms with Gasteiger partial charge < -0.3 is 10.2 Å². The maximum Gasteiger partial charge on any atom is 0.274 e. The Balaban J connectivity index is 0.00000462. The van der Waals surface area contributed by atoms with Crippen molar-refractivity contribution >= 4 is 56.6 Å². The zero-order valence-electron chi connectivity index (χ0n) is 22.6. The number of benzene rings is 3. The SMILES string of the molecule is CCN(CC)C(=O)C(Cc1ccc(NC(=O)c2ccccn2)cc1)C(=O)NS(=O)(=O)c1ccc2ccccc2c1.Cl. The number of anilines is 1. The maximum atomic E-state index is 13.3. The number of hydrogen-bond acceptors (Lipinski definition) is 6. The highest BCUT2D eigenvalue weighted by Crippen LogP contribution is 2.21. The molecule has 9 nitrogen and oxygen atoms in total. The van der Waals surface area contributed by atoms with Crippen LogP contribution in [0.25, 0.3) is 10.8 Å². The van der Waals surface area contributed by atoms with Crippen molar-refractivity contribution in [2.45, 2.75) is 25.2 Å². The van der Waals surface area contributed by atoms with Gasteiger partial charge in [0.15, 0.2) is 0 Å². The Morgan fingerprint density at radius 2 is 1.51 bits per heavy atom. The van der Waals surface area contributed by atoms with Gasteiger partial charge in [-0.15, -0.1) is 12.4 Å². The first kappa shape index (κ1) is 31.3. The van der Waals surface area contributed by atoms with Gasteiger partial charge in [0.25, 0.3) is 15.9 Å². The Morgan fingerprint density at radius 1 is 0.854 bits per heavy atom. The third-order valence-electron chi connectivity index (χ3n) is 6.51. The molecule has 0 aliphatic rings. The van der Waals surface area contributed by atoms with E-state index < -0.39 is 27.8 Å². The summed E-state index contributed by atoms with van der Waals surface area (Å²) in [5.41, 5.74) is 1.40. The van der Waals surface area contributed by atoms with Crippen LogP contribution in [-0.4, -0.2) is 49.1 Å². The number of carbonyl (C=O) groups excluding carboxylic acids is 3. The van der Waals surface area contributed by atoms with E-state index in [-0.39, 0.29) is 35.3 Å². The van der Waals surface area contributed by atoms with Crippen LogP contribution in [-0.2, 0) is 26.0 Å². The van der Waals surface area contributed by atoms with Gasteiger partial charge in [-0.2, -0.15) is 0 Å². The number of nitrogens with zero attached hydrogens (tertiary/aromatic N) is 2. The van der Waals surface area contributed by atoms with E-state index in [1.54, 1.807) is 74.5 Å². The van der Waals surface area contributed by atoms with Crippen molar-refractivity contribution in [3.8, 4) is 0 Å². The Labute approximate surface area is 245 Å². The first-order valence-corrected chi connectivity index (χ1v) is 14.4. The minimum absolute atomic E-state index is 0. The lowest BCUT2D eigenvalue weighted by molar-refractivity contribution is -0.141. The normalized spacial score (nSPS) is 11.7. The molecule has 3 amide bonds. The van der Waals surface area contributed by atoms with Gasteiger partial charge in [-0.3, -0.25) is 19.4 Å². The van der Waals surface area contributed by atoms with Crippen LogP contribution in [0, 0.1) is 5.92 Å². The molecule has 4 rings (SSSR count). The Hall–Kier alpha value is -4.28. The van der Waals surface area contributed by atoms with Crippen molar-refractivity contribution < 1.29 is 22.8 Å². The summed E-state index contributed by atoms with van der Waals surface area (Å²) in [4.78, 5) is 44.5. The molecule has 1 heterocycles. The highest BCUT2D eigenvalue weighted by Gasteiger charge is 2.33. The summed E-state index contributed by atoms with van der Waals surface area (Å²) in [6.07, 6.45) is 1.50. The van der Waals surface area contributed by atoms with E-state index in [0.717, 1.165) is 5.39 Å². The summed E-state index contributed by atoms with van der Waals surface area (Å²) in [6, 6.07) is 23.6. The summed E-state index contributed by atoms with van der Waals surface area (Å²) < 4.78 is 28.4. The third kappa shape index (κ3) is 7.68. The lowest BCUT2D eigenvalue weighted by Crippen LogP contribution is -2.46. The average molecular weight is 595 g/mol. The molecule has 1 atom stereocenters. The van der Waals surface area contributed by atoms with Gasteiger partial charge in [-0.05, 0) is 73.0 Å². The fourth-order valence-electron chi connectivity index (χ4n) is 4.30. The molecule has 11 heteroatoms. The van der Waals surface area contributed by atoms with Crippen molar-refractivity contribution in [1.82, 2.24) is 14.6 Å². The number of rotatable bonds is 10. The predicted octanol–water partition coefficient (Wildman–Crippen LogP) is 4.44. The smallest absolute Gasteiger partial charge is 0.274 e. The maximum absolute atomic E-state index is 13.3. The number of amides is 3. The number of halogens is 1. The Kier molecular flexibility index (Phi) is 10.6. The van der Waals surface area contributed by atoms with Crippen LogP contribution in [0.3, 0.4) is 0 Å². The predicted molar refractivity (Wildman–Crippen MR) is 160 cm³/mol. The van der Waals surface area contributed by atoms with E-state index in [1.807, 2.05) is 12.1 Å². The molecule has 0 saturated carbocycles. The first-order valence-electron chi connectivity index (χ1n) is 12.9. The topological polar surface area (TPSA) is 126 Å². The van der Waals surface area contributed by atoms with Gasteiger partial charge in [-0.1, -0.05) is 48.5 Å². The number of pyridine rings is 1. The van der Waals surface area contributed by atoms with Crippen molar-refractivity contribution in [2.24, 2.45) is 5.92 Å². The molecule has 1 unspecified atom stereocenters. The largest absolute Gasteiger partial charge is 0.343 e. The van der Waals surface area contributed by atoms with Crippen LogP contribution in [0.4, 0.5) is 5.69 Å². The van der Waals surface area contributed by atoms with Crippen LogP contribution in [0.5, 0.6) is 0 Å². The Morgan fingerprint density at radius 3 is 2.15 bits per heavy atom. The zero-order valence-corrected chi connectivity index (χ0v) is 24.2. The molecular formula is C30H31ClN4O5S. The summed E-state index contributed by atoms with van der Waals surface area (Å²) in [5.74, 6) is -3.02. The second-order valence-electron chi connectivity index (χ2n) is 9.11. The second kappa shape index (κ2) is 13.9. The fourth-order valence-corrected chi connectivity index (χ4v) is 5.35. The molecule has 3 aromatic carbocycles. The molecule has 0 radical (unpaired) electrons. The van der Waals surface area contributed by atoms with Crippen molar-refractivity contribution in [3.05, 3.63) is 102 Å². The summed E-state index contributed by atoms with van der Waals surface area (Å²) in [7, 11) is -4.23. The molecule has 41 heavy (non-hydrogen) atoms. The standard InChI is InChI=1S/C30H30N4O5S.ClH/c1-3-34(4-2)30(37)26(19-21-12-15-24(16-13-21)32-29(36)27-11-7-8-18-31-27)28(35)33-40(38,39)25-17-14-22-9-5-6-10-23(22)20-25;/h5-18,20,26H,3-4,19H2,1-2H3,(H,32,36)(H,33,35);1H. The molecule has 0 saturated heterocycles. The summed E-state index contributed by atoms with van der Waals surface area (Å²) >= 11 is 0. The highest BCUT2D eigenvalue weighted by molar-refractivity contribution is 7.90. The van der Waals surface area contributed by atoms with Gasteiger partial charge in [0.05, 0.1) is 4.90 Å². The Bertz CT molecular complexity index is 1630. The van der Waals surface area contributed by atoms with Gasteiger partial charge in [-0.25, -0.2) is 13.1 Å². The molecule has 0 bridgehead atoms. The molecule has 1 aromatic heterocycles. The monoisotopic (exact) mass is 594 g/mol. The molecule has 214 valence electrons. The number of hydrogen-bond donors (Lipinski definition) is 2. The number of carbonyl (C=O) groups is 3. The van der Waals surface area contributed by atoms with Gasteiger partial charge in [0.2, 0.25) is 11.8 Å². The van der Waals surface area contributed by atoms with Crippen LogP contribution >= 0.6 is 12.4 Å². The number of sulfonamides is 1. The summed E-state index contributed by atoms with van der Waals surface area (Å²) in [6.45, 7) is 4.33. The molecule has 0 aliphatic carbocycles. The van der Waals surface area contributed by atoms with E-state index >= 15 is 0 Å². The average Bonchev–Trinajstić information content (AvgIpc) is 2.97. The number of aromatic nitrogens is 1. The van der Waals surface area contributed by atoms with Crippen LogP contribution in [0.15, 0.2) is 96.0 Å². The fraction of sp³-hybridized carbons (Fsp3) is 0.200. The van der Waals surface area contributed by atoms with E-state index in [9.17, 15) is 22.8 Å². The molecule has 0 fully saturated rings. The number of nitrogens with one attached hydrogen (secondary N) is 2. The van der Waals surface area contributed by atoms with Crippen LogP contribution in [0.2, 0.25) is 0 Å². The quantitative estimate of drug-likeness (QED) is 0.262.